The van der Waals surface area contributed by atoms with Gasteiger partial charge < -0.3 is 10.4 Å². The third-order valence-electron chi connectivity index (χ3n) is 2.94. The van der Waals surface area contributed by atoms with Crippen LogP contribution in [0.4, 0.5) is 0 Å². The zero-order valence-electron chi connectivity index (χ0n) is 8.62. The minimum Gasteiger partial charge on any atom is -0.508 e. The molecule has 3 heteroatoms. The highest BCUT2D eigenvalue weighted by molar-refractivity contribution is 6.21. The summed E-state index contributed by atoms with van der Waals surface area (Å²) in [7, 11) is 0. The van der Waals surface area contributed by atoms with Crippen LogP contribution < -0.4 is 5.32 Å². The van der Waals surface area contributed by atoms with Crippen molar-refractivity contribution in [2.24, 2.45) is 0 Å². The molecule has 1 saturated carbocycles. The highest BCUT2D eigenvalue weighted by atomic mass is 35.5. The first-order chi connectivity index (χ1) is 7.25. The van der Waals surface area contributed by atoms with Crippen molar-refractivity contribution < 1.29 is 5.11 Å². The molecule has 1 fully saturated rings. The molecule has 0 bridgehead atoms. The number of phenols is 1. The van der Waals surface area contributed by atoms with Crippen molar-refractivity contribution in [3.63, 3.8) is 0 Å². The summed E-state index contributed by atoms with van der Waals surface area (Å²) in [5.74, 6) is 0.315. The summed E-state index contributed by atoms with van der Waals surface area (Å²) in [4.78, 5) is 0. The Morgan fingerprint density at radius 2 is 2.00 bits per heavy atom. The lowest BCUT2D eigenvalue weighted by Crippen LogP contribution is -2.32. The van der Waals surface area contributed by atoms with Crippen LogP contribution in [0.5, 0.6) is 5.75 Å². The van der Waals surface area contributed by atoms with Crippen LogP contribution in [-0.4, -0.2) is 16.5 Å². The van der Waals surface area contributed by atoms with Gasteiger partial charge >= 0.3 is 0 Å². The third-order valence-corrected chi connectivity index (χ3v) is 3.46. The first-order valence-corrected chi connectivity index (χ1v) is 5.85. The van der Waals surface area contributed by atoms with Crippen LogP contribution in [0.15, 0.2) is 24.3 Å². The van der Waals surface area contributed by atoms with E-state index in [2.05, 4.69) is 5.32 Å². The molecule has 82 valence electrons. The minimum atomic E-state index is 0.280. The van der Waals surface area contributed by atoms with Crippen molar-refractivity contribution >= 4 is 11.6 Å². The molecule has 1 aromatic rings. The van der Waals surface area contributed by atoms with Gasteiger partial charge in [-0.1, -0.05) is 18.6 Å². The quantitative estimate of drug-likeness (QED) is 0.776. The molecule has 0 saturated heterocycles. The average molecular weight is 226 g/mol. The number of aromatic hydroxyl groups is 1. The Morgan fingerprint density at radius 3 is 2.60 bits per heavy atom. The van der Waals surface area contributed by atoms with Crippen LogP contribution in [0.25, 0.3) is 0 Å². The lowest BCUT2D eigenvalue weighted by molar-refractivity contribution is 0.474. The maximum absolute atomic E-state index is 9.14. The summed E-state index contributed by atoms with van der Waals surface area (Å²) in [5, 5.41) is 12.9. The Labute approximate surface area is 95.3 Å². The maximum Gasteiger partial charge on any atom is 0.115 e. The summed E-state index contributed by atoms with van der Waals surface area (Å²) in [6.07, 6.45) is 3.52. The van der Waals surface area contributed by atoms with Crippen LogP contribution in [0.1, 0.15) is 24.8 Å². The molecule has 0 aliphatic heterocycles. The molecular formula is C12H16ClNO. The Bertz CT molecular complexity index is 312. The van der Waals surface area contributed by atoms with Crippen molar-refractivity contribution in [1.29, 1.82) is 0 Å². The van der Waals surface area contributed by atoms with Crippen LogP contribution >= 0.6 is 11.6 Å². The number of rotatable bonds is 3. The molecule has 0 radical (unpaired) electrons. The maximum atomic E-state index is 9.14. The summed E-state index contributed by atoms with van der Waals surface area (Å²) >= 11 is 6.17. The van der Waals surface area contributed by atoms with E-state index in [1.54, 1.807) is 12.1 Å². The van der Waals surface area contributed by atoms with Gasteiger partial charge in [-0.15, -0.1) is 11.6 Å². The molecule has 0 heterocycles. The van der Waals surface area contributed by atoms with E-state index in [9.17, 15) is 0 Å². The van der Waals surface area contributed by atoms with Gasteiger partial charge in [0.05, 0.1) is 0 Å². The standard InChI is InChI=1S/C12H16ClNO/c13-11-2-1-3-12(11)14-8-9-4-6-10(15)7-5-9/h4-7,11-12,14-15H,1-3,8H2. The molecular weight excluding hydrogens is 210 g/mol. The van der Waals surface area contributed by atoms with Crippen LogP contribution in [0, 0.1) is 0 Å². The van der Waals surface area contributed by atoms with Crippen LogP contribution in [-0.2, 0) is 6.54 Å². The van der Waals surface area contributed by atoms with Gasteiger partial charge in [-0.2, -0.15) is 0 Å². The Kier molecular flexibility index (Phi) is 3.49. The third kappa shape index (κ3) is 2.86. The van der Waals surface area contributed by atoms with Crippen molar-refractivity contribution in [2.75, 3.05) is 0 Å². The Balaban J connectivity index is 1.85. The fourth-order valence-corrected chi connectivity index (χ4v) is 2.38. The van der Waals surface area contributed by atoms with Gasteiger partial charge in [-0.25, -0.2) is 0 Å². The van der Waals surface area contributed by atoms with Gasteiger partial charge in [-0.05, 0) is 30.5 Å². The van der Waals surface area contributed by atoms with Crippen molar-refractivity contribution in [1.82, 2.24) is 5.32 Å². The van der Waals surface area contributed by atoms with Crippen LogP contribution in [0.3, 0.4) is 0 Å². The Morgan fingerprint density at radius 1 is 1.27 bits per heavy atom. The van der Waals surface area contributed by atoms with E-state index in [1.807, 2.05) is 12.1 Å². The van der Waals surface area contributed by atoms with Gasteiger partial charge in [-0.3, -0.25) is 0 Å². The van der Waals surface area contributed by atoms with E-state index in [0.717, 1.165) is 13.0 Å². The normalized spacial score (nSPS) is 25.7. The molecule has 2 N–H and O–H groups in total. The SMILES string of the molecule is Oc1ccc(CNC2CCCC2Cl)cc1. The van der Waals surface area contributed by atoms with Crippen molar-refractivity contribution in [3.05, 3.63) is 29.8 Å². The zero-order chi connectivity index (χ0) is 10.7. The first-order valence-electron chi connectivity index (χ1n) is 5.41. The smallest absolute Gasteiger partial charge is 0.115 e. The van der Waals surface area contributed by atoms with Crippen molar-refractivity contribution in [3.8, 4) is 5.75 Å². The van der Waals surface area contributed by atoms with Crippen molar-refractivity contribution in [2.45, 2.75) is 37.2 Å². The number of nitrogens with one attached hydrogen (secondary N) is 1. The molecule has 0 spiro atoms. The van der Waals surface area contributed by atoms with E-state index < -0.39 is 0 Å². The van der Waals surface area contributed by atoms with Gasteiger partial charge in [0.15, 0.2) is 0 Å². The highest BCUT2D eigenvalue weighted by Crippen LogP contribution is 2.24. The predicted octanol–water partition coefficient (Wildman–Crippen LogP) is 2.64. The fraction of sp³-hybridized carbons (Fsp3) is 0.500. The summed E-state index contributed by atoms with van der Waals surface area (Å²) in [6, 6.07) is 7.73. The monoisotopic (exact) mass is 225 g/mol. The minimum absolute atomic E-state index is 0.280. The molecule has 2 atom stereocenters. The lowest BCUT2D eigenvalue weighted by Gasteiger charge is -2.15. The molecule has 1 aliphatic rings. The highest BCUT2D eigenvalue weighted by Gasteiger charge is 2.24. The molecule has 1 aromatic carbocycles. The number of halogens is 1. The number of phenolic OH excluding ortho intramolecular Hbond substituents is 1. The lowest BCUT2D eigenvalue weighted by atomic mass is 10.2. The van der Waals surface area contributed by atoms with E-state index in [1.165, 1.54) is 18.4 Å². The molecule has 2 unspecified atom stereocenters. The molecule has 15 heavy (non-hydrogen) atoms. The van der Waals surface area contributed by atoms with Crippen LogP contribution in [0.2, 0.25) is 0 Å². The molecule has 2 rings (SSSR count). The summed E-state index contributed by atoms with van der Waals surface area (Å²) < 4.78 is 0. The predicted molar refractivity (Wildman–Crippen MR) is 62.2 cm³/mol. The second-order valence-corrected chi connectivity index (χ2v) is 4.66. The number of hydrogen-bond acceptors (Lipinski definition) is 2. The van der Waals surface area contributed by atoms with E-state index in [4.69, 9.17) is 16.7 Å². The summed E-state index contributed by atoms with van der Waals surface area (Å²) in [5.41, 5.74) is 1.18. The van der Waals surface area contributed by atoms with E-state index in [0.29, 0.717) is 11.8 Å². The van der Waals surface area contributed by atoms with E-state index >= 15 is 0 Å². The average Bonchev–Trinajstić information content (AvgIpc) is 2.63. The van der Waals surface area contributed by atoms with E-state index in [-0.39, 0.29) is 5.38 Å². The topological polar surface area (TPSA) is 32.3 Å². The number of benzene rings is 1. The van der Waals surface area contributed by atoms with Gasteiger partial charge in [0.2, 0.25) is 0 Å². The summed E-state index contributed by atoms with van der Waals surface area (Å²) in [6.45, 7) is 0.828. The molecule has 0 amide bonds. The second kappa shape index (κ2) is 4.86. The zero-order valence-corrected chi connectivity index (χ0v) is 9.37. The number of alkyl halides is 1. The molecule has 2 nitrogen and oxygen atoms in total. The molecule has 1 aliphatic carbocycles. The van der Waals surface area contributed by atoms with Gasteiger partial charge in [0.25, 0.3) is 0 Å². The largest absolute Gasteiger partial charge is 0.508 e. The second-order valence-electron chi connectivity index (χ2n) is 4.10. The first kappa shape index (κ1) is 10.8. The number of hydrogen-bond donors (Lipinski definition) is 2. The fourth-order valence-electron chi connectivity index (χ4n) is 2.01. The Hall–Kier alpha value is -0.730. The van der Waals surface area contributed by atoms with Gasteiger partial charge in [0, 0.05) is 18.0 Å². The van der Waals surface area contributed by atoms with Gasteiger partial charge in [0.1, 0.15) is 5.75 Å². The molecule has 0 aromatic heterocycles.